The third-order valence-corrected chi connectivity index (χ3v) is 2.20. The van der Waals surface area contributed by atoms with Gasteiger partial charge in [-0.2, -0.15) is 12.6 Å². The fraction of sp³-hybridized carbons (Fsp3) is 0.111. The van der Waals surface area contributed by atoms with E-state index in [1.54, 1.807) is 6.08 Å². The van der Waals surface area contributed by atoms with Gasteiger partial charge in [0.25, 0.3) is 0 Å². The maximum Gasteiger partial charge on any atom is 0.0444 e. The molecule has 0 amide bonds. The number of benzene rings is 1. The van der Waals surface area contributed by atoms with Crippen LogP contribution in [0.4, 0.5) is 0 Å². The zero-order valence-corrected chi connectivity index (χ0v) is 7.65. The van der Waals surface area contributed by atoms with Crippen LogP contribution in [0.1, 0.15) is 10.8 Å². The molecule has 1 atom stereocenters. The summed E-state index contributed by atoms with van der Waals surface area (Å²) >= 11 is 10.0. The molecule has 1 rings (SSSR count). The highest BCUT2D eigenvalue weighted by molar-refractivity contribution is 7.80. The molecule has 0 fully saturated rings. The molecule has 1 unspecified atom stereocenters. The van der Waals surface area contributed by atoms with Gasteiger partial charge in [-0.05, 0) is 17.7 Å². The van der Waals surface area contributed by atoms with Crippen molar-refractivity contribution in [1.29, 1.82) is 0 Å². The normalized spacial score (nSPS) is 12.5. The molecular formula is C9H9ClS. The summed E-state index contributed by atoms with van der Waals surface area (Å²) in [6, 6.07) is 7.59. The summed E-state index contributed by atoms with van der Waals surface area (Å²) in [5.74, 6) is 0. The van der Waals surface area contributed by atoms with Crippen LogP contribution in [0.2, 0.25) is 5.02 Å². The number of halogens is 1. The molecule has 0 aliphatic heterocycles. The first-order chi connectivity index (χ1) is 5.24. The van der Waals surface area contributed by atoms with Crippen molar-refractivity contribution in [3.63, 3.8) is 0 Å². The van der Waals surface area contributed by atoms with E-state index in [1.807, 2.05) is 24.3 Å². The molecule has 0 nitrogen and oxygen atoms in total. The van der Waals surface area contributed by atoms with E-state index in [0.717, 1.165) is 10.6 Å². The summed E-state index contributed by atoms with van der Waals surface area (Å²) in [5, 5.41) is 0.852. The Morgan fingerprint density at radius 2 is 1.91 bits per heavy atom. The molecule has 0 aliphatic carbocycles. The van der Waals surface area contributed by atoms with Crippen molar-refractivity contribution in [2.45, 2.75) is 5.25 Å². The zero-order chi connectivity index (χ0) is 8.27. The summed E-state index contributed by atoms with van der Waals surface area (Å²) in [5.41, 5.74) is 1.12. The molecule has 0 aliphatic rings. The van der Waals surface area contributed by atoms with Crippen molar-refractivity contribution in [1.82, 2.24) is 0 Å². The van der Waals surface area contributed by atoms with Crippen molar-refractivity contribution in [3.05, 3.63) is 47.5 Å². The van der Waals surface area contributed by atoms with Gasteiger partial charge in [0.2, 0.25) is 0 Å². The van der Waals surface area contributed by atoms with Crippen molar-refractivity contribution in [2.24, 2.45) is 0 Å². The summed E-state index contributed by atoms with van der Waals surface area (Å²) in [6.07, 6.45) is 1.78. The van der Waals surface area contributed by atoms with Crippen molar-refractivity contribution >= 4 is 24.2 Å². The minimum absolute atomic E-state index is 0.104. The standard InChI is InChI=1S/C9H9ClS/c1-2-9(11)7-3-5-8(10)6-4-7/h2-6,9,11H,1H2. The van der Waals surface area contributed by atoms with Crippen LogP contribution >= 0.6 is 24.2 Å². The van der Waals surface area contributed by atoms with Gasteiger partial charge in [-0.25, -0.2) is 0 Å². The number of rotatable bonds is 2. The van der Waals surface area contributed by atoms with Crippen molar-refractivity contribution < 1.29 is 0 Å². The van der Waals surface area contributed by atoms with Gasteiger partial charge in [0, 0.05) is 10.3 Å². The van der Waals surface area contributed by atoms with E-state index in [2.05, 4.69) is 19.2 Å². The Balaban J connectivity index is 2.89. The molecular weight excluding hydrogens is 176 g/mol. The van der Waals surface area contributed by atoms with Gasteiger partial charge in [-0.15, -0.1) is 6.58 Å². The van der Waals surface area contributed by atoms with E-state index in [4.69, 9.17) is 11.6 Å². The van der Waals surface area contributed by atoms with E-state index >= 15 is 0 Å². The first kappa shape index (κ1) is 8.69. The van der Waals surface area contributed by atoms with Crippen molar-refractivity contribution in [3.8, 4) is 0 Å². The van der Waals surface area contributed by atoms with Gasteiger partial charge in [0.1, 0.15) is 0 Å². The highest BCUT2D eigenvalue weighted by atomic mass is 35.5. The Morgan fingerprint density at radius 1 is 1.36 bits per heavy atom. The van der Waals surface area contributed by atoms with Gasteiger partial charge in [-0.1, -0.05) is 29.8 Å². The highest BCUT2D eigenvalue weighted by Crippen LogP contribution is 2.21. The van der Waals surface area contributed by atoms with E-state index in [-0.39, 0.29) is 5.25 Å². The van der Waals surface area contributed by atoms with Crippen LogP contribution in [-0.2, 0) is 0 Å². The van der Waals surface area contributed by atoms with E-state index < -0.39 is 0 Å². The average molecular weight is 185 g/mol. The second-order valence-corrected chi connectivity index (χ2v) is 3.22. The van der Waals surface area contributed by atoms with E-state index in [9.17, 15) is 0 Å². The predicted octanol–water partition coefficient (Wildman–Crippen LogP) is 3.50. The molecule has 0 spiro atoms. The van der Waals surface area contributed by atoms with Gasteiger partial charge < -0.3 is 0 Å². The third-order valence-electron chi connectivity index (χ3n) is 1.43. The van der Waals surface area contributed by atoms with E-state index in [1.165, 1.54) is 0 Å². The van der Waals surface area contributed by atoms with Crippen LogP contribution < -0.4 is 0 Å². The van der Waals surface area contributed by atoms with Gasteiger partial charge >= 0.3 is 0 Å². The second kappa shape index (κ2) is 3.84. The number of hydrogen-bond donors (Lipinski definition) is 1. The Bertz CT molecular complexity index is 240. The van der Waals surface area contributed by atoms with Crippen LogP contribution in [-0.4, -0.2) is 0 Å². The summed E-state index contributed by atoms with van der Waals surface area (Å²) in [7, 11) is 0. The minimum atomic E-state index is 0.104. The van der Waals surface area contributed by atoms with E-state index in [0.29, 0.717) is 0 Å². The predicted molar refractivity (Wildman–Crippen MR) is 53.4 cm³/mol. The van der Waals surface area contributed by atoms with Crippen LogP contribution in [0, 0.1) is 0 Å². The lowest BCUT2D eigenvalue weighted by molar-refractivity contribution is 1.25. The van der Waals surface area contributed by atoms with Crippen LogP contribution in [0.3, 0.4) is 0 Å². The molecule has 58 valence electrons. The maximum absolute atomic E-state index is 5.71. The first-order valence-corrected chi connectivity index (χ1v) is 4.19. The Hall–Kier alpha value is -0.400. The largest absolute Gasteiger partial charge is 0.167 e. The topological polar surface area (TPSA) is 0 Å². The Kier molecular flexibility index (Phi) is 3.03. The first-order valence-electron chi connectivity index (χ1n) is 3.30. The smallest absolute Gasteiger partial charge is 0.0444 e. The van der Waals surface area contributed by atoms with Crippen LogP contribution in [0.15, 0.2) is 36.9 Å². The Morgan fingerprint density at radius 3 is 2.36 bits per heavy atom. The summed E-state index contributed by atoms with van der Waals surface area (Å²) in [6.45, 7) is 3.65. The second-order valence-electron chi connectivity index (χ2n) is 2.23. The average Bonchev–Trinajstić information content (AvgIpc) is 2.05. The lowest BCUT2D eigenvalue weighted by Gasteiger charge is -2.03. The minimum Gasteiger partial charge on any atom is -0.167 e. The van der Waals surface area contributed by atoms with Crippen LogP contribution in [0.5, 0.6) is 0 Å². The Labute approximate surface area is 77.3 Å². The molecule has 0 N–H and O–H groups in total. The molecule has 0 bridgehead atoms. The quantitative estimate of drug-likeness (QED) is 0.528. The zero-order valence-electron chi connectivity index (χ0n) is 6.00. The molecule has 0 heterocycles. The fourth-order valence-electron chi connectivity index (χ4n) is 0.796. The van der Waals surface area contributed by atoms with Crippen molar-refractivity contribution in [2.75, 3.05) is 0 Å². The molecule has 0 saturated heterocycles. The molecule has 0 aromatic heterocycles. The summed E-state index contributed by atoms with van der Waals surface area (Å²) in [4.78, 5) is 0. The fourth-order valence-corrected chi connectivity index (χ4v) is 1.09. The molecule has 11 heavy (non-hydrogen) atoms. The van der Waals surface area contributed by atoms with Gasteiger partial charge in [0.15, 0.2) is 0 Å². The monoisotopic (exact) mass is 184 g/mol. The lowest BCUT2D eigenvalue weighted by atomic mass is 10.1. The lowest BCUT2D eigenvalue weighted by Crippen LogP contribution is -1.83. The third kappa shape index (κ3) is 2.28. The SMILES string of the molecule is C=CC(S)c1ccc(Cl)cc1. The molecule has 1 aromatic rings. The molecule has 0 saturated carbocycles. The highest BCUT2D eigenvalue weighted by Gasteiger charge is 1.99. The molecule has 2 heteroatoms. The van der Waals surface area contributed by atoms with Gasteiger partial charge in [0.05, 0.1) is 0 Å². The number of hydrogen-bond acceptors (Lipinski definition) is 1. The van der Waals surface area contributed by atoms with Crippen LogP contribution in [0.25, 0.3) is 0 Å². The number of thiol groups is 1. The van der Waals surface area contributed by atoms with Gasteiger partial charge in [-0.3, -0.25) is 0 Å². The molecule has 1 aromatic carbocycles. The summed E-state index contributed by atoms with van der Waals surface area (Å²) < 4.78 is 0. The molecule has 0 radical (unpaired) electrons. The maximum atomic E-state index is 5.71.